The van der Waals surface area contributed by atoms with Crippen molar-refractivity contribution in [2.24, 2.45) is 0 Å². The zero-order valence-electron chi connectivity index (χ0n) is 13.0. The number of methoxy groups -OCH3 is 1. The summed E-state index contributed by atoms with van der Waals surface area (Å²) in [7, 11) is 1.65. The Morgan fingerprint density at radius 2 is 1.79 bits per heavy atom. The highest BCUT2D eigenvalue weighted by molar-refractivity contribution is 5.85. The zero-order chi connectivity index (χ0) is 15.6. The second-order valence-corrected chi connectivity index (χ2v) is 5.12. The minimum atomic E-state index is 0. The van der Waals surface area contributed by atoms with E-state index in [-0.39, 0.29) is 12.4 Å². The number of oxazole rings is 1. The van der Waals surface area contributed by atoms with Gasteiger partial charge in [0, 0.05) is 17.3 Å². The molecule has 0 radical (unpaired) electrons. The van der Waals surface area contributed by atoms with E-state index in [0.29, 0.717) is 5.89 Å². The van der Waals surface area contributed by atoms with Gasteiger partial charge in [-0.2, -0.15) is 0 Å². The van der Waals surface area contributed by atoms with Gasteiger partial charge in [-0.25, -0.2) is 4.98 Å². The normalized spacial score (nSPS) is 10.4. The monoisotopic (exact) mass is 338 g/mol. The van der Waals surface area contributed by atoms with Crippen molar-refractivity contribution in [3.63, 3.8) is 0 Å². The number of benzene rings is 2. The van der Waals surface area contributed by atoms with Crippen LogP contribution in [0.2, 0.25) is 0 Å². The highest BCUT2D eigenvalue weighted by atomic mass is 35.5. The van der Waals surface area contributed by atoms with Gasteiger partial charge in [-0.15, -0.1) is 12.4 Å². The largest absolute Gasteiger partial charge is 0.496 e. The van der Waals surface area contributed by atoms with E-state index in [0.717, 1.165) is 33.7 Å². The molecule has 2 heterocycles. The van der Waals surface area contributed by atoms with Gasteiger partial charge in [-0.1, -0.05) is 18.2 Å². The molecule has 0 atom stereocenters. The molecule has 0 saturated heterocycles. The SMILES string of the molecule is COc1cc(-c2nc3ccccc3o2)ccc1-c1ccccn1.Cl. The third-order valence-electron chi connectivity index (χ3n) is 3.68. The second kappa shape index (κ2) is 6.72. The van der Waals surface area contributed by atoms with Crippen LogP contribution in [-0.2, 0) is 0 Å². The molecule has 2 aromatic carbocycles. The maximum Gasteiger partial charge on any atom is 0.227 e. The lowest BCUT2D eigenvalue weighted by molar-refractivity contribution is 0.416. The molecule has 24 heavy (non-hydrogen) atoms. The Balaban J connectivity index is 0.00000169. The molecule has 120 valence electrons. The van der Waals surface area contributed by atoms with Gasteiger partial charge >= 0.3 is 0 Å². The molecule has 0 fully saturated rings. The summed E-state index contributed by atoms with van der Waals surface area (Å²) in [5, 5.41) is 0. The van der Waals surface area contributed by atoms with Crippen LogP contribution in [0, 0.1) is 0 Å². The predicted molar refractivity (Wildman–Crippen MR) is 96.5 cm³/mol. The number of hydrogen-bond acceptors (Lipinski definition) is 4. The Morgan fingerprint density at radius 1 is 0.958 bits per heavy atom. The number of fused-ring (bicyclic) bond motifs is 1. The van der Waals surface area contributed by atoms with Crippen LogP contribution in [-0.4, -0.2) is 17.1 Å². The molecule has 0 N–H and O–H groups in total. The predicted octanol–water partition coefficient (Wildman–Crippen LogP) is 4.99. The molecule has 4 nitrogen and oxygen atoms in total. The highest BCUT2D eigenvalue weighted by Gasteiger charge is 2.12. The number of pyridine rings is 1. The molecule has 0 spiro atoms. The Hall–Kier alpha value is -2.85. The van der Waals surface area contributed by atoms with Gasteiger partial charge in [0.25, 0.3) is 0 Å². The molecule has 2 aromatic heterocycles. The fourth-order valence-electron chi connectivity index (χ4n) is 2.55. The third kappa shape index (κ3) is 2.84. The molecule has 0 amide bonds. The van der Waals surface area contributed by atoms with Gasteiger partial charge in [0.05, 0.1) is 12.8 Å². The summed E-state index contributed by atoms with van der Waals surface area (Å²) >= 11 is 0. The van der Waals surface area contributed by atoms with Gasteiger partial charge in [0.1, 0.15) is 11.3 Å². The molecule has 4 rings (SSSR count). The molecular weight excluding hydrogens is 324 g/mol. The van der Waals surface area contributed by atoms with E-state index in [1.807, 2.05) is 60.7 Å². The van der Waals surface area contributed by atoms with Crippen LogP contribution in [0.4, 0.5) is 0 Å². The number of nitrogens with zero attached hydrogens (tertiary/aromatic N) is 2. The number of ether oxygens (including phenoxy) is 1. The number of hydrogen-bond donors (Lipinski definition) is 0. The van der Waals surface area contributed by atoms with Crippen molar-refractivity contribution < 1.29 is 9.15 Å². The lowest BCUT2D eigenvalue weighted by Crippen LogP contribution is -1.91. The van der Waals surface area contributed by atoms with Crippen LogP contribution in [0.3, 0.4) is 0 Å². The molecule has 5 heteroatoms. The second-order valence-electron chi connectivity index (χ2n) is 5.12. The topological polar surface area (TPSA) is 48.2 Å². The number of rotatable bonds is 3. The van der Waals surface area contributed by atoms with Crippen molar-refractivity contribution in [3.8, 4) is 28.5 Å². The van der Waals surface area contributed by atoms with Gasteiger partial charge in [0.2, 0.25) is 5.89 Å². The summed E-state index contributed by atoms with van der Waals surface area (Å²) in [6.07, 6.45) is 1.77. The average Bonchev–Trinajstić information content (AvgIpc) is 3.06. The highest BCUT2D eigenvalue weighted by Crippen LogP contribution is 2.33. The van der Waals surface area contributed by atoms with E-state index < -0.39 is 0 Å². The van der Waals surface area contributed by atoms with Gasteiger partial charge < -0.3 is 9.15 Å². The number of halogens is 1. The molecule has 0 bridgehead atoms. The lowest BCUT2D eigenvalue weighted by atomic mass is 10.1. The summed E-state index contributed by atoms with van der Waals surface area (Å²) < 4.78 is 11.3. The van der Waals surface area contributed by atoms with Gasteiger partial charge in [-0.3, -0.25) is 4.98 Å². The van der Waals surface area contributed by atoms with E-state index in [1.165, 1.54) is 0 Å². The smallest absolute Gasteiger partial charge is 0.227 e. The Labute approximate surface area is 145 Å². The number of aromatic nitrogens is 2. The minimum Gasteiger partial charge on any atom is -0.496 e. The van der Waals surface area contributed by atoms with Crippen molar-refractivity contribution >= 4 is 23.5 Å². The first-order valence-electron chi connectivity index (χ1n) is 7.30. The molecular formula is C19H15ClN2O2. The first-order valence-corrected chi connectivity index (χ1v) is 7.30. The maximum absolute atomic E-state index is 5.82. The van der Waals surface area contributed by atoms with Crippen molar-refractivity contribution in [2.45, 2.75) is 0 Å². The van der Waals surface area contributed by atoms with Crippen molar-refractivity contribution in [1.82, 2.24) is 9.97 Å². The minimum absolute atomic E-state index is 0. The maximum atomic E-state index is 5.82. The molecule has 0 unspecified atom stereocenters. The molecule has 4 aromatic rings. The summed E-state index contributed by atoms with van der Waals surface area (Å²) in [5.41, 5.74) is 4.30. The molecule has 0 saturated carbocycles. The summed E-state index contributed by atoms with van der Waals surface area (Å²) in [6.45, 7) is 0. The first-order chi connectivity index (χ1) is 11.3. The van der Waals surface area contributed by atoms with Crippen LogP contribution in [0.5, 0.6) is 5.75 Å². The lowest BCUT2D eigenvalue weighted by Gasteiger charge is -2.09. The van der Waals surface area contributed by atoms with E-state index in [9.17, 15) is 0 Å². The van der Waals surface area contributed by atoms with E-state index in [2.05, 4.69) is 9.97 Å². The van der Waals surface area contributed by atoms with Crippen molar-refractivity contribution in [2.75, 3.05) is 7.11 Å². The molecule has 0 aliphatic rings. The van der Waals surface area contributed by atoms with Crippen molar-refractivity contribution in [1.29, 1.82) is 0 Å². The quantitative estimate of drug-likeness (QED) is 0.528. The van der Waals surface area contributed by atoms with Crippen LogP contribution >= 0.6 is 12.4 Å². The summed E-state index contributed by atoms with van der Waals surface area (Å²) in [6, 6.07) is 19.4. The first kappa shape index (κ1) is 16.0. The molecule has 0 aliphatic heterocycles. The Kier molecular flexibility index (Phi) is 4.49. The van der Waals surface area contributed by atoms with E-state index >= 15 is 0 Å². The average molecular weight is 339 g/mol. The van der Waals surface area contributed by atoms with E-state index in [1.54, 1.807) is 13.3 Å². The van der Waals surface area contributed by atoms with Crippen LogP contribution < -0.4 is 4.74 Å². The summed E-state index contributed by atoms with van der Waals surface area (Å²) in [5.74, 6) is 1.32. The summed E-state index contributed by atoms with van der Waals surface area (Å²) in [4.78, 5) is 8.90. The van der Waals surface area contributed by atoms with E-state index in [4.69, 9.17) is 9.15 Å². The van der Waals surface area contributed by atoms with Crippen LogP contribution in [0.1, 0.15) is 0 Å². The fraction of sp³-hybridized carbons (Fsp3) is 0.0526. The zero-order valence-corrected chi connectivity index (χ0v) is 13.8. The molecule has 0 aliphatic carbocycles. The Morgan fingerprint density at radius 3 is 2.54 bits per heavy atom. The van der Waals surface area contributed by atoms with Gasteiger partial charge in [-0.05, 0) is 42.5 Å². The van der Waals surface area contributed by atoms with Crippen LogP contribution in [0.15, 0.2) is 71.3 Å². The third-order valence-corrected chi connectivity index (χ3v) is 3.68. The van der Waals surface area contributed by atoms with Gasteiger partial charge in [0.15, 0.2) is 5.58 Å². The van der Waals surface area contributed by atoms with Crippen molar-refractivity contribution in [3.05, 3.63) is 66.9 Å². The van der Waals surface area contributed by atoms with Crippen LogP contribution in [0.25, 0.3) is 33.8 Å². The fourth-order valence-corrected chi connectivity index (χ4v) is 2.55. The standard InChI is InChI=1S/C19H14N2O2.ClH/c1-22-18-12-13(9-10-14(18)15-6-4-5-11-20-15)19-21-16-7-2-3-8-17(16)23-19;/h2-12H,1H3;1H. The Bertz CT molecular complexity index is 934. The number of para-hydroxylation sites is 2.